The minimum Gasteiger partial charge on any atom is -0.339 e. The van der Waals surface area contributed by atoms with Gasteiger partial charge in [-0.3, -0.25) is 4.79 Å². The third-order valence-corrected chi connectivity index (χ3v) is 5.18. The quantitative estimate of drug-likeness (QED) is 0.903. The fraction of sp³-hybridized carbons (Fsp3) is 0.400. The van der Waals surface area contributed by atoms with Crippen LogP contribution < -0.4 is 10.6 Å². The summed E-state index contributed by atoms with van der Waals surface area (Å²) in [5.41, 5.74) is 1.92. The maximum atomic E-state index is 12.4. The molecule has 0 saturated heterocycles. The fourth-order valence-electron chi connectivity index (χ4n) is 2.73. The SMILES string of the molecule is O=C(NC1(c2cccs2)CC1)c1ncc2c(n1)CCNC2. The van der Waals surface area contributed by atoms with Crippen molar-refractivity contribution in [3.8, 4) is 0 Å². The summed E-state index contributed by atoms with van der Waals surface area (Å²) in [5.74, 6) is 0.126. The molecule has 3 heterocycles. The lowest BCUT2D eigenvalue weighted by Crippen LogP contribution is -2.36. The van der Waals surface area contributed by atoms with Crippen LogP contribution in [0.1, 0.15) is 39.6 Å². The molecule has 2 aliphatic rings. The topological polar surface area (TPSA) is 66.9 Å². The second-order valence-corrected chi connectivity index (χ2v) is 6.55. The van der Waals surface area contributed by atoms with Crippen molar-refractivity contribution >= 4 is 17.2 Å². The van der Waals surface area contributed by atoms with Crippen LogP contribution in [0.3, 0.4) is 0 Å². The molecule has 0 unspecified atom stereocenters. The van der Waals surface area contributed by atoms with Gasteiger partial charge in [-0.1, -0.05) is 6.07 Å². The second-order valence-electron chi connectivity index (χ2n) is 5.61. The standard InChI is InChI=1S/C15H16N4OS/c20-14(19-15(4-5-15)12-2-1-7-21-12)13-17-9-10-8-16-6-3-11(10)18-13/h1-2,7,9,16H,3-6,8H2,(H,19,20). The molecule has 0 radical (unpaired) electrons. The molecular weight excluding hydrogens is 284 g/mol. The van der Waals surface area contributed by atoms with Crippen molar-refractivity contribution in [2.75, 3.05) is 6.54 Å². The van der Waals surface area contributed by atoms with Crippen LogP contribution in [0.15, 0.2) is 23.7 Å². The maximum Gasteiger partial charge on any atom is 0.289 e. The summed E-state index contributed by atoms with van der Waals surface area (Å²) in [7, 11) is 0. The molecule has 1 saturated carbocycles. The van der Waals surface area contributed by atoms with Crippen LogP contribution in [0.4, 0.5) is 0 Å². The van der Waals surface area contributed by atoms with Crippen LogP contribution in [0.2, 0.25) is 0 Å². The average molecular weight is 300 g/mol. The van der Waals surface area contributed by atoms with E-state index in [2.05, 4.69) is 26.7 Å². The molecule has 6 heteroatoms. The molecule has 1 aliphatic heterocycles. The maximum absolute atomic E-state index is 12.4. The first-order valence-corrected chi connectivity index (χ1v) is 8.07. The summed E-state index contributed by atoms with van der Waals surface area (Å²) >= 11 is 1.69. The first kappa shape index (κ1) is 12.9. The number of hydrogen-bond acceptors (Lipinski definition) is 5. The number of hydrogen-bond donors (Lipinski definition) is 2. The van der Waals surface area contributed by atoms with Crippen LogP contribution in [0.5, 0.6) is 0 Å². The van der Waals surface area contributed by atoms with Gasteiger partial charge in [-0.25, -0.2) is 9.97 Å². The van der Waals surface area contributed by atoms with E-state index in [1.807, 2.05) is 11.4 Å². The largest absolute Gasteiger partial charge is 0.339 e. The fourth-order valence-corrected chi connectivity index (χ4v) is 3.67. The van der Waals surface area contributed by atoms with E-state index in [1.54, 1.807) is 17.5 Å². The van der Waals surface area contributed by atoms with Crippen molar-refractivity contribution in [1.29, 1.82) is 0 Å². The number of amides is 1. The van der Waals surface area contributed by atoms with Gasteiger partial charge in [-0.2, -0.15) is 0 Å². The third-order valence-electron chi connectivity index (χ3n) is 4.11. The van der Waals surface area contributed by atoms with Gasteiger partial charge in [0.15, 0.2) is 0 Å². The Morgan fingerprint density at radius 3 is 3.10 bits per heavy atom. The Morgan fingerprint density at radius 1 is 1.43 bits per heavy atom. The minimum absolute atomic E-state index is 0.165. The summed E-state index contributed by atoms with van der Waals surface area (Å²) in [6, 6.07) is 4.10. The zero-order valence-electron chi connectivity index (χ0n) is 11.6. The van der Waals surface area contributed by atoms with E-state index < -0.39 is 0 Å². The molecule has 108 valence electrons. The number of thiophene rings is 1. The van der Waals surface area contributed by atoms with Crippen LogP contribution in [-0.4, -0.2) is 22.4 Å². The lowest BCUT2D eigenvalue weighted by molar-refractivity contribution is 0.0920. The molecule has 1 amide bonds. The first-order chi connectivity index (χ1) is 10.3. The van der Waals surface area contributed by atoms with Crippen molar-refractivity contribution < 1.29 is 4.79 Å². The number of carbonyl (C=O) groups is 1. The van der Waals surface area contributed by atoms with Crippen molar-refractivity contribution in [2.24, 2.45) is 0 Å². The smallest absolute Gasteiger partial charge is 0.289 e. The molecule has 0 spiro atoms. The number of aromatic nitrogens is 2. The van der Waals surface area contributed by atoms with Gasteiger partial charge < -0.3 is 10.6 Å². The Balaban J connectivity index is 1.56. The molecule has 1 aliphatic carbocycles. The van der Waals surface area contributed by atoms with E-state index in [4.69, 9.17) is 0 Å². The van der Waals surface area contributed by atoms with Crippen molar-refractivity contribution in [3.63, 3.8) is 0 Å². The molecule has 21 heavy (non-hydrogen) atoms. The van der Waals surface area contributed by atoms with E-state index in [-0.39, 0.29) is 11.4 Å². The van der Waals surface area contributed by atoms with E-state index in [1.165, 1.54) is 4.88 Å². The summed E-state index contributed by atoms with van der Waals surface area (Å²) in [6.45, 7) is 1.70. The predicted octanol–water partition coefficient (Wildman–Crippen LogP) is 1.60. The van der Waals surface area contributed by atoms with Crippen LogP contribution in [0, 0.1) is 0 Å². The Morgan fingerprint density at radius 2 is 2.33 bits per heavy atom. The number of rotatable bonds is 3. The summed E-state index contributed by atoms with van der Waals surface area (Å²) < 4.78 is 0. The molecule has 0 aromatic carbocycles. The Kier molecular flexibility index (Phi) is 3.01. The van der Waals surface area contributed by atoms with Gasteiger partial charge in [0.25, 0.3) is 5.91 Å². The highest BCUT2D eigenvalue weighted by atomic mass is 32.1. The van der Waals surface area contributed by atoms with Gasteiger partial charge in [0.05, 0.1) is 11.2 Å². The van der Waals surface area contributed by atoms with E-state index in [0.29, 0.717) is 5.82 Å². The van der Waals surface area contributed by atoms with Crippen LogP contribution in [0.25, 0.3) is 0 Å². The van der Waals surface area contributed by atoms with E-state index in [0.717, 1.165) is 43.6 Å². The number of carbonyl (C=O) groups excluding carboxylic acids is 1. The predicted molar refractivity (Wildman–Crippen MR) is 80.1 cm³/mol. The van der Waals surface area contributed by atoms with Crippen molar-refractivity contribution in [3.05, 3.63) is 45.7 Å². The lowest BCUT2D eigenvalue weighted by atomic mass is 10.1. The molecule has 0 atom stereocenters. The van der Waals surface area contributed by atoms with Crippen molar-refractivity contribution in [2.45, 2.75) is 31.3 Å². The number of nitrogens with zero attached hydrogens (tertiary/aromatic N) is 2. The highest BCUT2D eigenvalue weighted by Crippen LogP contribution is 2.47. The number of nitrogens with one attached hydrogen (secondary N) is 2. The number of fused-ring (bicyclic) bond motifs is 1. The summed E-state index contributed by atoms with van der Waals surface area (Å²) in [4.78, 5) is 22.3. The van der Waals surface area contributed by atoms with Crippen molar-refractivity contribution in [1.82, 2.24) is 20.6 Å². The second kappa shape index (κ2) is 4.89. The molecule has 1 fully saturated rings. The Hall–Kier alpha value is -1.79. The van der Waals surface area contributed by atoms with E-state index in [9.17, 15) is 4.79 Å². The van der Waals surface area contributed by atoms with Gasteiger partial charge in [-0.15, -0.1) is 11.3 Å². The van der Waals surface area contributed by atoms with Gasteiger partial charge in [0, 0.05) is 36.1 Å². The zero-order chi connectivity index (χ0) is 14.3. The highest BCUT2D eigenvalue weighted by molar-refractivity contribution is 7.10. The van der Waals surface area contributed by atoms with Gasteiger partial charge in [-0.05, 0) is 24.3 Å². The normalized spacial score (nSPS) is 18.9. The van der Waals surface area contributed by atoms with Gasteiger partial charge in [0.2, 0.25) is 5.82 Å². The Bertz CT molecular complexity index is 679. The lowest BCUT2D eigenvalue weighted by Gasteiger charge is -2.18. The molecule has 0 bridgehead atoms. The summed E-state index contributed by atoms with van der Waals surface area (Å²) in [5, 5.41) is 8.45. The average Bonchev–Trinajstić information content (AvgIpc) is 3.08. The first-order valence-electron chi connectivity index (χ1n) is 7.19. The van der Waals surface area contributed by atoms with Crippen LogP contribution >= 0.6 is 11.3 Å². The van der Waals surface area contributed by atoms with E-state index >= 15 is 0 Å². The van der Waals surface area contributed by atoms with Gasteiger partial charge >= 0.3 is 0 Å². The monoisotopic (exact) mass is 300 g/mol. The van der Waals surface area contributed by atoms with Crippen LogP contribution in [-0.2, 0) is 18.5 Å². The molecule has 2 aromatic heterocycles. The molecule has 5 nitrogen and oxygen atoms in total. The highest BCUT2D eigenvalue weighted by Gasteiger charge is 2.47. The Labute approximate surface area is 126 Å². The third kappa shape index (κ3) is 2.34. The zero-order valence-corrected chi connectivity index (χ0v) is 12.4. The minimum atomic E-state index is -0.175. The molecule has 2 N–H and O–H groups in total. The molecule has 2 aromatic rings. The summed E-state index contributed by atoms with van der Waals surface area (Å²) in [6.07, 6.45) is 4.62. The van der Waals surface area contributed by atoms with Gasteiger partial charge in [0.1, 0.15) is 0 Å². The molecule has 4 rings (SSSR count). The molecular formula is C15H16N4OS.